The number of rotatable bonds is 4. The fourth-order valence-corrected chi connectivity index (χ4v) is 3.17. The Bertz CT molecular complexity index is 757. The number of carbonyl (C=O) groups is 1. The molecule has 6 heteroatoms. The van der Waals surface area contributed by atoms with Gasteiger partial charge in [0.1, 0.15) is 11.6 Å². The first kappa shape index (κ1) is 14.7. The molecule has 0 aromatic heterocycles. The van der Waals surface area contributed by atoms with E-state index in [1.54, 1.807) is 12.1 Å². The van der Waals surface area contributed by atoms with E-state index in [0.29, 0.717) is 0 Å². The molecule has 2 aromatic carbocycles. The number of benzene rings is 2. The average molecular weight is 313 g/mol. The monoisotopic (exact) mass is 312 g/mol. The van der Waals surface area contributed by atoms with E-state index in [9.17, 15) is 17.6 Å². The minimum atomic E-state index is -3.90. The molecule has 0 aliphatic rings. The third-order valence-corrected chi connectivity index (χ3v) is 4.59. The van der Waals surface area contributed by atoms with Crippen LogP contribution in [0.1, 0.15) is 10.4 Å². The van der Waals surface area contributed by atoms with Crippen LogP contribution in [-0.4, -0.2) is 20.0 Å². The summed E-state index contributed by atoms with van der Waals surface area (Å²) in [6.07, 6.45) is 0. The van der Waals surface area contributed by atoms with Gasteiger partial charge >= 0.3 is 0 Å². The summed E-state index contributed by atoms with van der Waals surface area (Å²) in [6, 6.07) is 10.7. The molecule has 0 amide bonds. The maximum absolute atomic E-state index is 13.1. The zero-order valence-corrected chi connectivity index (χ0v) is 11.8. The highest BCUT2D eigenvalue weighted by atomic mass is 35.5. The van der Waals surface area contributed by atoms with Crippen LogP contribution >= 0.6 is 11.6 Å². The van der Waals surface area contributed by atoms with Crippen molar-refractivity contribution >= 4 is 27.2 Å². The lowest BCUT2D eigenvalue weighted by Crippen LogP contribution is -2.17. The molecule has 3 nitrogen and oxygen atoms in total. The summed E-state index contributed by atoms with van der Waals surface area (Å²) in [5, 5.41) is 0.187. The van der Waals surface area contributed by atoms with Gasteiger partial charge < -0.3 is 0 Å². The van der Waals surface area contributed by atoms with Gasteiger partial charge in [0.05, 0.1) is 9.92 Å². The fourth-order valence-electron chi connectivity index (χ4n) is 1.68. The standard InChI is InChI=1S/C14H10ClFO3S/c15-13-7-2-1-6-12(13)14(17)9-20(18,19)11-5-3-4-10(16)8-11/h1-8H,9H2. The largest absolute Gasteiger partial charge is 0.293 e. The van der Waals surface area contributed by atoms with Gasteiger partial charge in [-0.1, -0.05) is 29.8 Å². The second-order valence-electron chi connectivity index (χ2n) is 4.12. The first-order valence-corrected chi connectivity index (χ1v) is 7.69. The highest BCUT2D eigenvalue weighted by molar-refractivity contribution is 7.92. The Morgan fingerprint density at radius 1 is 1.10 bits per heavy atom. The fraction of sp³-hybridized carbons (Fsp3) is 0.0714. The molecule has 0 unspecified atom stereocenters. The third kappa shape index (κ3) is 3.23. The quantitative estimate of drug-likeness (QED) is 0.815. The molecule has 0 N–H and O–H groups in total. The van der Waals surface area contributed by atoms with Crippen molar-refractivity contribution in [2.24, 2.45) is 0 Å². The summed E-state index contributed by atoms with van der Waals surface area (Å²) in [6.45, 7) is 0. The predicted octanol–water partition coefficient (Wildman–Crippen LogP) is 3.14. The van der Waals surface area contributed by atoms with Crippen LogP contribution in [0.25, 0.3) is 0 Å². The van der Waals surface area contributed by atoms with Crippen molar-refractivity contribution < 1.29 is 17.6 Å². The van der Waals surface area contributed by atoms with E-state index >= 15 is 0 Å². The van der Waals surface area contributed by atoms with Crippen LogP contribution in [-0.2, 0) is 9.84 Å². The van der Waals surface area contributed by atoms with Crippen LogP contribution in [0.2, 0.25) is 5.02 Å². The molecule has 0 saturated carbocycles. The summed E-state index contributed by atoms with van der Waals surface area (Å²) in [5.41, 5.74) is 0.133. The average Bonchev–Trinajstić information content (AvgIpc) is 2.38. The minimum Gasteiger partial charge on any atom is -0.293 e. The van der Waals surface area contributed by atoms with Crippen molar-refractivity contribution in [3.05, 3.63) is 64.9 Å². The topological polar surface area (TPSA) is 51.2 Å². The Morgan fingerprint density at radius 3 is 2.45 bits per heavy atom. The summed E-state index contributed by atoms with van der Waals surface area (Å²) < 4.78 is 37.1. The first-order valence-electron chi connectivity index (χ1n) is 5.66. The molecule has 104 valence electrons. The van der Waals surface area contributed by atoms with Gasteiger partial charge in [-0.2, -0.15) is 0 Å². The molecule has 0 heterocycles. The smallest absolute Gasteiger partial charge is 0.185 e. The molecule has 0 radical (unpaired) electrons. The summed E-state index contributed by atoms with van der Waals surface area (Å²) in [5.74, 6) is -2.05. The highest BCUT2D eigenvalue weighted by Gasteiger charge is 2.22. The van der Waals surface area contributed by atoms with Gasteiger partial charge in [-0.15, -0.1) is 0 Å². The normalized spacial score (nSPS) is 11.3. The number of sulfone groups is 1. The van der Waals surface area contributed by atoms with E-state index in [0.717, 1.165) is 12.1 Å². The molecule has 0 aliphatic heterocycles. The van der Waals surface area contributed by atoms with Gasteiger partial charge in [0.25, 0.3) is 0 Å². The number of Topliss-reactive ketones (excluding diaryl/α,β-unsaturated/α-hetero) is 1. The van der Waals surface area contributed by atoms with Crippen LogP contribution in [0.15, 0.2) is 53.4 Å². The van der Waals surface area contributed by atoms with E-state index in [2.05, 4.69) is 0 Å². The maximum Gasteiger partial charge on any atom is 0.185 e. The molecule has 0 bridgehead atoms. The van der Waals surface area contributed by atoms with E-state index in [4.69, 9.17) is 11.6 Å². The SMILES string of the molecule is O=C(CS(=O)(=O)c1cccc(F)c1)c1ccccc1Cl. The number of ketones is 1. The molecule has 2 aromatic rings. The Hall–Kier alpha value is -1.72. The van der Waals surface area contributed by atoms with E-state index < -0.39 is 27.2 Å². The van der Waals surface area contributed by atoms with Crippen LogP contribution in [0, 0.1) is 5.82 Å². The summed E-state index contributed by atoms with van der Waals surface area (Å²) in [7, 11) is -3.90. The molecule has 0 saturated heterocycles. The van der Waals surface area contributed by atoms with Crippen molar-refractivity contribution in [1.29, 1.82) is 0 Å². The molecule has 0 aliphatic carbocycles. The third-order valence-electron chi connectivity index (χ3n) is 2.65. The minimum absolute atomic E-state index is 0.133. The number of hydrogen-bond acceptors (Lipinski definition) is 3. The predicted molar refractivity (Wildman–Crippen MR) is 74.2 cm³/mol. The highest BCUT2D eigenvalue weighted by Crippen LogP contribution is 2.19. The van der Waals surface area contributed by atoms with Gasteiger partial charge in [0, 0.05) is 5.56 Å². The molecule has 20 heavy (non-hydrogen) atoms. The second kappa shape index (κ2) is 5.73. The lowest BCUT2D eigenvalue weighted by Gasteiger charge is -2.05. The number of hydrogen-bond donors (Lipinski definition) is 0. The summed E-state index contributed by atoms with van der Waals surface area (Å²) in [4.78, 5) is 11.8. The van der Waals surface area contributed by atoms with Gasteiger partial charge in [-0.05, 0) is 30.3 Å². The molecular formula is C14H10ClFO3S. The molecular weight excluding hydrogens is 303 g/mol. The van der Waals surface area contributed by atoms with Crippen LogP contribution < -0.4 is 0 Å². The molecule has 0 atom stereocenters. The Balaban J connectivity index is 2.30. The van der Waals surface area contributed by atoms with Crippen molar-refractivity contribution in [2.45, 2.75) is 4.90 Å². The lowest BCUT2D eigenvalue weighted by atomic mass is 10.1. The van der Waals surface area contributed by atoms with Crippen molar-refractivity contribution in [3.8, 4) is 0 Å². The summed E-state index contributed by atoms with van der Waals surface area (Å²) >= 11 is 5.84. The molecule has 2 rings (SSSR count). The lowest BCUT2D eigenvalue weighted by molar-refractivity contribution is 0.102. The van der Waals surface area contributed by atoms with Gasteiger partial charge in [0.2, 0.25) is 0 Å². The van der Waals surface area contributed by atoms with E-state index in [1.165, 1.54) is 24.3 Å². The van der Waals surface area contributed by atoms with Gasteiger partial charge in [-0.3, -0.25) is 4.79 Å². The first-order chi connectivity index (χ1) is 9.40. The molecule has 0 fully saturated rings. The van der Waals surface area contributed by atoms with Crippen LogP contribution in [0.4, 0.5) is 4.39 Å². The van der Waals surface area contributed by atoms with E-state index in [1.807, 2.05) is 0 Å². The van der Waals surface area contributed by atoms with Crippen LogP contribution in [0.3, 0.4) is 0 Å². The second-order valence-corrected chi connectivity index (χ2v) is 6.52. The van der Waals surface area contributed by atoms with Crippen LogP contribution in [0.5, 0.6) is 0 Å². The molecule has 0 spiro atoms. The Morgan fingerprint density at radius 2 is 1.80 bits per heavy atom. The maximum atomic E-state index is 13.1. The zero-order valence-electron chi connectivity index (χ0n) is 10.2. The van der Waals surface area contributed by atoms with Gasteiger partial charge in [-0.25, -0.2) is 12.8 Å². The van der Waals surface area contributed by atoms with Gasteiger partial charge in [0.15, 0.2) is 15.6 Å². The van der Waals surface area contributed by atoms with E-state index in [-0.39, 0.29) is 15.5 Å². The zero-order chi connectivity index (χ0) is 14.8. The van der Waals surface area contributed by atoms with Crippen molar-refractivity contribution in [1.82, 2.24) is 0 Å². The Kier molecular flexibility index (Phi) is 4.20. The number of halogens is 2. The Labute approximate surface area is 120 Å². The van der Waals surface area contributed by atoms with Crippen molar-refractivity contribution in [2.75, 3.05) is 5.75 Å². The number of carbonyl (C=O) groups excluding carboxylic acids is 1. The van der Waals surface area contributed by atoms with Crippen molar-refractivity contribution in [3.63, 3.8) is 0 Å².